The molecule has 0 bridgehead atoms. The standard InChI is InChI=1S/C17H24N2O5/c1-18(13-17(21)22)11-15-12-19(8-10-24-15)16(20)7-9-23-14-5-3-2-4-6-14/h2-6,15H,7-13H2,1H3,(H,21,22). The first-order valence-electron chi connectivity index (χ1n) is 8.02. The number of aliphatic carboxylic acids is 1. The smallest absolute Gasteiger partial charge is 0.317 e. The van der Waals surface area contributed by atoms with Crippen molar-refractivity contribution in [1.29, 1.82) is 0 Å². The number of likely N-dealkylation sites (N-methyl/N-ethyl adjacent to an activating group) is 1. The third-order valence-corrected chi connectivity index (χ3v) is 3.74. The van der Waals surface area contributed by atoms with Crippen molar-refractivity contribution in [2.24, 2.45) is 0 Å². The van der Waals surface area contributed by atoms with E-state index < -0.39 is 5.97 Å². The Morgan fingerprint density at radius 2 is 2.12 bits per heavy atom. The SMILES string of the molecule is CN(CC(=O)O)CC1CN(C(=O)CCOc2ccccc2)CCO1. The molecule has 0 spiro atoms. The Kier molecular flexibility index (Phi) is 7.02. The molecule has 0 aliphatic carbocycles. The third-order valence-electron chi connectivity index (χ3n) is 3.74. The first kappa shape index (κ1) is 18.2. The molecule has 1 saturated heterocycles. The number of amides is 1. The van der Waals surface area contributed by atoms with E-state index in [1.54, 1.807) is 16.8 Å². The van der Waals surface area contributed by atoms with Gasteiger partial charge >= 0.3 is 5.97 Å². The lowest BCUT2D eigenvalue weighted by Crippen LogP contribution is -2.49. The molecule has 1 unspecified atom stereocenters. The predicted molar refractivity (Wildman–Crippen MR) is 88.0 cm³/mol. The summed E-state index contributed by atoms with van der Waals surface area (Å²) >= 11 is 0. The number of hydrogen-bond acceptors (Lipinski definition) is 5. The molecule has 1 aromatic carbocycles. The predicted octanol–water partition coefficient (Wildman–Crippen LogP) is 0.699. The van der Waals surface area contributed by atoms with Gasteiger partial charge in [-0.2, -0.15) is 0 Å². The molecule has 1 heterocycles. The molecule has 7 heteroatoms. The average molecular weight is 336 g/mol. The van der Waals surface area contributed by atoms with E-state index >= 15 is 0 Å². The van der Waals surface area contributed by atoms with E-state index in [0.29, 0.717) is 39.3 Å². The van der Waals surface area contributed by atoms with E-state index in [1.807, 2.05) is 30.3 Å². The maximum Gasteiger partial charge on any atom is 0.317 e. The second-order valence-electron chi connectivity index (χ2n) is 5.83. The van der Waals surface area contributed by atoms with Crippen LogP contribution in [0.2, 0.25) is 0 Å². The molecule has 0 radical (unpaired) electrons. The largest absolute Gasteiger partial charge is 0.493 e. The highest BCUT2D eigenvalue weighted by Crippen LogP contribution is 2.11. The van der Waals surface area contributed by atoms with E-state index in [9.17, 15) is 9.59 Å². The molecule has 1 fully saturated rings. The zero-order chi connectivity index (χ0) is 17.4. The summed E-state index contributed by atoms with van der Waals surface area (Å²) in [6.07, 6.45) is 0.147. The van der Waals surface area contributed by atoms with Gasteiger partial charge in [-0.25, -0.2) is 0 Å². The average Bonchev–Trinajstić information content (AvgIpc) is 2.55. The maximum absolute atomic E-state index is 12.3. The topological polar surface area (TPSA) is 79.3 Å². The van der Waals surface area contributed by atoms with Crippen LogP contribution in [0, 0.1) is 0 Å². The highest BCUT2D eigenvalue weighted by Gasteiger charge is 2.25. The van der Waals surface area contributed by atoms with Crippen LogP contribution in [0.1, 0.15) is 6.42 Å². The monoisotopic (exact) mass is 336 g/mol. The minimum atomic E-state index is -0.876. The Labute approximate surface area is 141 Å². The molecule has 1 amide bonds. The van der Waals surface area contributed by atoms with Gasteiger partial charge in [0, 0.05) is 19.6 Å². The van der Waals surface area contributed by atoms with Gasteiger partial charge < -0.3 is 19.5 Å². The van der Waals surface area contributed by atoms with Gasteiger partial charge in [0.15, 0.2) is 0 Å². The first-order chi connectivity index (χ1) is 11.5. The Balaban J connectivity index is 1.72. The fourth-order valence-corrected chi connectivity index (χ4v) is 2.63. The van der Waals surface area contributed by atoms with Crippen LogP contribution in [0.5, 0.6) is 5.75 Å². The molecular formula is C17H24N2O5. The molecule has 7 nitrogen and oxygen atoms in total. The molecule has 0 aromatic heterocycles. The van der Waals surface area contributed by atoms with Crippen LogP contribution in [0.4, 0.5) is 0 Å². The fraction of sp³-hybridized carbons (Fsp3) is 0.529. The highest BCUT2D eigenvalue weighted by molar-refractivity contribution is 5.76. The van der Waals surface area contributed by atoms with E-state index in [4.69, 9.17) is 14.6 Å². The number of carboxylic acids is 1. The van der Waals surface area contributed by atoms with Crippen LogP contribution >= 0.6 is 0 Å². The second kappa shape index (κ2) is 9.24. The van der Waals surface area contributed by atoms with Crippen molar-refractivity contribution in [3.63, 3.8) is 0 Å². The molecule has 1 aliphatic heterocycles. The Hall–Kier alpha value is -2.12. The van der Waals surface area contributed by atoms with Crippen molar-refractivity contribution >= 4 is 11.9 Å². The summed E-state index contributed by atoms with van der Waals surface area (Å²) in [7, 11) is 1.73. The van der Waals surface area contributed by atoms with Crippen molar-refractivity contribution in [2.45, 2.75) is 12.5 Å². The number of carbonyl (C=O) groups is 2. The molecule has 1 aliphatic rings. The third kappa shape index (κ3) is 6.17. The summed E-state index contributed by atoms with van der Waals surface area (Å²) in [6.45, 7) is 2.29. The number of carboxylic acid groups (broad SMARTS) is 1. The number of ether oxygens (including phenoxy) is 2. The number of morpholine rings is 1. The van der Waals surface area contributed by atoms with Gasteiger partial charge in [-0.1, -0.05) is 18.2 Å². The molecule has 1 atom stereocenters. The second-order valence-corrected chi connectivity index (χ2v) is 5.83. The van der Waals surface area contributed by atoms with Crippen LogP contribution in [0.15, 0.2) is 30.3 Å². The first-order valence-corrected chi connectivity index (χ1v) is 8.02. The van der Waals surface area contributed by atoms with E-state index in [1.165, 1.54) is 0 Å². The number of benzene rings is 1. The Bertz CT molecular complexity index is 537. The number of para-hydroxylation sites is 1. The summed E-state index contributed by atoms with van der Waals surface area (Å²) in [5.41, 5.74) is 0. The van der Waals surface area contributed by atoms with Gasteiger partial charge in [0.05, 0.1) is 32.3 Å². The number of rotatable bonds is 8. The van der Waals surface area contributed by atoms with Crippen LogP contribution in [0.3, 0.4) is 0 Å². The van der Waals surface area contributed by atoms with Crippen molar-refractivity contribution in [3.8, 4) is 5.75 Å². The van der Waals surface area contributed by atoms with Gasteiger partial charge in [0.2, 0.25) is 5.91 Å². The van der Waals surface area contributed by atoms with Crippen molar-refractivity contribution in [3.05, 3.63) is 30.3 Å². The number of hydrogen-bond donors (Lipinski definition) is 1. The zero-order valence-electron chi connectivity index (χ0n) is 13.9. The van der Waals surface area contributed by atoms with Crippen LogP contribution in [-0.2, 0) is 14.3 Å². The fourth-order valence-electron chi connectivity index (χ4n) is 2.63. The minimum Gasteiger partial charge on any atom is -0.493 e. The molecule has 1 N–H and O–H groups in total. The van der Waals surface area contributed by atoms with Crippen LogP contribution in [-0.4, -0.2) is 79.3 Å². The highest BCUT2D eigenvalue weighted by atomic mass is 16.5. The lowest BCUT2D eigenvalue weighted by atomic mass is 10.2. The van der Waals surface area contributed by atoms with Crippen LogP contribution in [0.25, 0.3) is 0 Å². The summed E-state index contributed by atoms with van der Waals surface area (Å²) in [5.74, 6) is -0.0973. The van der Waals surface area contributed by atoms with Crippen molar-refractivity contribution in [2.75, 3.05) is 46.4 Å². The number of carbonyl (C=O) groups excluding carboxylic acids is 1. The lowest BCUT2D eigenvalue weighted by Gasteiger charge is -2.34. The van der Waals surface area contributed by atoms with Crippen molar-refractivity contribution in [1.82, 2.24) is 9.80 Å². The van der Waals surface area contributed by atoms with Gasteiger partial charge in [0.1, 0.15) is 5.75 Å². The molecule has 2 rings (SSSR count). The zero-order valence-corrected chi connectivity index (χ0v) is 13.9. The molecule has 0 saturated carbocycles. The molecule has 132 valence electrons. The minimum absolute atomic E-state index is 0.0279. The van der Waals surface area contributed by atoms with Gasteiger partial charge in [-0.05, 0) is 19.2 Å². The molecular weight excluding hydrogens is 312 g/mol. The van der Waals surface area contributed by atoms with E-state index in [2.05, 4.69) is 0 Å². The summed E-state index contributed by atoms with van der Waals surface area (Å²) in [5, 5.41) is 8.78. The van der Waals surface area contributed by atoms with Gasteiger partial charge in [-0.3, -0.25) is 14.5 Å². The maximum atomic E-state index is 12.3. The Morgan fingerprint density at radius 3 is 2.83 bits per heavy atom. The molecule has 24 heavy (non-hydrogen) atoms. The van der Waals surface area contributed by atoms with E-state index in [0.717, 1.165) is 5.75 Å². The Morgan fingerprint density at radius 1 is 1.38 bits per heavy atom. The van der Waals surface area contributed by atoms with Crippen LogP contribution < -0.4 is 4.74 Å². The van der Waals surface area contributed by atoms with Gasteiger partial charge in [0.25, 0.3) is 0 Å². The van der Waals surface area contributed by atoms with E-state index in [-0.39, 0.29) is 18.6 Å². The normalized spacial score (nSPS) is 17.8. The summed E-state index contributed by atoms with van der Waals surface area (Å²) in [4.78, 5) is 26.4. The van der Waals surface area contributed by atoms with Crippen molar-refractivity contribution < 1.29 is 24.2 Å². The quantitative estimate of drug-likeness (QED) is 0.753. The number of nitrogens with zero attached hydrogens (tertiary/aromatic N) is 2. The molecule has 1 aromatic rings. The summed E-state index contributed by atoms with van der Waals surface area (Å²) in [6, 6.07) is 9.39. The van der Waals surface area contributed by atoms with Gasteiger partial charge in [-0.15, -0.1) is 0 Å². The summed E-state index contributed by atoms with van der Waals surface area (Å²) < 4.78 is 11.2. The lowest BCUT2D eigenvalue weighted by molar-refractivity contribution is -0.142.